The summed E-state index contributed by atoms with van der Waals surface area (Å²) in [6, 6.07) is 8.30. The van der Waals surface area contributed by atoms with E-state index in [0.29, 0.717) is 17.4 Å². The average Bonchev–Trinajstić information content (AvgIpc) is 3.03. The Morgan fingerprint density at radius 1 is 0.885 bits per heavy atom. The predicted octanol–water partition coefficient (Wildman–Crippen LogP) is 5.77. The monoisotopic (exact) mass is 351 g/mol. The number of hydrogen-bond acceptors (Lipinski definition) is 3. The first-order chi connectivity index (χ1) is 12.3. The first kappa shape index (κ1) is 18.4. The van der Waals surface area contributed by atoms with Gasteiger partial charge in [-0.1, -0.05) is 33.8 Å². The highest BCUT2D eigenvalue weighted by Crippen LogP contribution is 2.37. The Kier molecular flexibility index (Phi) is 5.03. The summed E-state index contributed by atoms with van der Waals surface area (Å²) in [5.74, 6) is 0.999. The Hall–Kier alpha value is -2.36. The molecule has 138 valence electrons. The smallest absolute Gasteiger partial charge is 0.146 e. The van der Waals surface area contributed by atoms with Crippen molar-refractivity contribution in [2.24, 2.45) is 0 Å². The molecule has 0 radical (unpaired) electrons. The molecule has 1 aromatic heterocycles. The average molecular weight is 351 g/mol. The maximum absolute atomic E-state index is 11.0. The van der Waals surface area contributed by atoms with Crippen LogP contribution >= 0.6 is 0 Å². The fraction of sp³-hybridized carbons (Fsp3) is 0.455. The third-order valence-corrected chi connectivity index (χ3v) is 5.68. The van der Waals surface area contributed by atoms with Crippen LogP contribution in [-0.2, 0) is 0 Å². The maximum atomic E-state index is 11.0. The minimum absolute atomic E-state index is 0.284. The number of aromatic hydroxyl groups is 1. The number of hydrogen-bond donors (Lipinski definition) is 1. The molecule has 0 saturated carbocycles. The van der Waals surface area contributed by atoms with Crippen LogP contribution in [0.1, 0.15) is 74.6 Å². The highest BCUT2D eigenvalue weighted by Gasteiger charge is 2.19. The van der Waals surface area contributed by atoms with Crippen molar-refractivity contribution in [1.29, 1.82) is 0 Å². The van der Waals surface area contributed by atoms with E-state index in [0.717, 1.165) is 29.4 Å². The van der Waals surface area contributed by atoms with Crippen LogP contribution in [0.3, 0.4) is 0 Å². The van der Waals surface area contributed by atoms with Crippen molar-refractivity contribution in [3.05, 3.63) is 46.5 Å². The predicted molar refractivity (Wildman–Crippen MR) is 107 cm³/mol. The molecule has 0 aliphatic carbocycles. The van der Waals surface area contributed by atoms with Gasteiger partial charge in [0.05, 0.1) is 0 Å². The second kappa shape index (κ2) is 7.10. The lowest BCUT2D eigenvalue weighted by Gasteiger charge is -2.18. The molecule has 4 heteroatoms. The van der Waals surface area contributed by atoms with Gasteiger partial charge >= 0.3 is 0 Å². The van der Waals surface area contributed by atoms with Gasteiger partial charge in [-0.3, -0.25) is 0 Å². The fourth-order valence-electron chi connectivity index (χ4n) is 3.21. The number of phenols is 1. The van der Waals surface area contributed by atoms with Crippen LogP contribution in [0, 0.1) is 13.8 Å². The summed E-state index contributed by atoms with van der Waals surface area (Å²) in [6.07, 6.45) is 2.03. The second-order valence-electron chi connectivity index (χ2n) is 7.51. The van der Waals surface area contributed by atoms with Crippen molar-refractivity contribution < 1.29 is 5.11 Å². The van der Waals surface area contributed by atoms with E-state index in [2.05, 4.69) is 69.9 Å². The van der Waals surface area contributed by atoms with Crippen molar-refractivity contribution in [2.45, 2.75) is 66.2 Å². The van der Waals surface area contributed by atoms with Gasteiger partial charge in [-0.05, 0) is 79.0 Å². The van der Waals surface area contributed by atoms with Crippen molar-refractivity contribution in [2.75, 3.05) is 0 Å². The molecule has 0 aliphatic heterocycles. The highest BCUT2D eigenvalue weighted by atomic mass is 16.3. The number of aryl methyl sites for hydroxylation is 2. The number of nitrogens with zero attached hydrogens (tertiary/aromatic N) is 3. The van der Waals surface area contributed by atoms with Gasteiger partial charge in [0.2, 0.25) is 0 Å². The number of benzene rings is 2. The van der Waals surface area contributed by atoms with Gasteiger partial charge < -0.3 is 5.11 Å². The highest BCUT2D eigenvalue weighted by molar-refractivity contribution is 5.76. The van der Waals surface area contributed by atoms with Crippen molar-refractivity contribution in [3.63, 3.8) is 0 Å². The van der Waals surface area contributed by atoms with Gasteiger partial charge in [0.15, 0.2) is 0 Å². The van der Waals surface area contributed by atoms with Gasteiger partial charge in [-0.15, -0.1) is 15.0 Å². The van der Waals surface area contributed by atoms with E-state index in [-0.39, 0.29) is 5.92 Å². The molecule has 0 aliphatic rings. The molecule has 3 aromatic rings. The lowest BCUT2D eigenvalue weighted by atomic mass is 9.90. The molecule has 0 bridgehead atoms. The molecule has 3 rings (SSSR count). The van der Waals surface area contributed by atoms with Crippen LogP contribution in [-0.4, -0.2) is 20.1 Å². The Bertz CT molecular complexity index is 903. The Morgan fingerprint density at radius 2 is 1.42 bits per heavy atom. The number of phenolic OH excluding ortho intramolecular Hbond substituents is 1. The molecule has 0 spiro atoms. The van der Waals surface area contributed by atoms with Gasteiger partial charge in [-0.2, -0.15) is 0 Å². The van der Waals surface area contributed by atoms with Gasteiger partial charge in [0.1, 0.15) is 22.5 Å². The van der Waals surface area contributed by atoms with E-state index in [1.165, 1.54) is 16.7 Å². The maximum Gasteiger partial charge on any atom is 0.146 e. The minimum Gasteiger partial charge on any atom is -0.505 e. The molecule has 0 amide bonds. The molecule has 1 heterocycles. The van der Waals surface area contributed by atoms with Gasteiger partial charge in [0.25, 0.3) is 0 Å². The molecule has 26 heavy (non-hydrogen) atoms. The van der Waals surface area contributed by atoms with Crippen molar-refractivity contribution in [3.8, 4) is 11.4 Å². The lowest BCUT2D eigenvalue weighted by Crippen LogP contribution is -2.05. The third kappa shape index (κ3) is 3.20. The third-order valence-electron chi connectivity index (χ3n) is 5.68. The van der Waals surface area contributed by atoms with Gasteiger partial charge in [-0.25, -0.2) is 0 Å². The standard InChI is InChI=1S/C22H29N3O/c1-7-13(3)17-11-18(14(4)8-2)22(26)21(12-17)25-23-19-9-15(5)16(6)10-20(19)24-25/h9-14,26H,7-8H2,1-6H3. The number of aromatic nitrogens is 3. The summed E-state index contributed by atoms with van der Waals surface area (Å²) in [4.78, 5) is 1.59. The fourth-order valence-corrected chi connectivity index (χ4v) is 3.21. The summed E-state index contributed by atoms with van der Waals surface area (Å²) in [5, 5.41) is 20.2. The SMILES string of the molecule is CCC(C)c1cc(C(C)CC)c(O)c(-n2nc3cc(C)c(C)cc3n2)c1. The molecule has 2 atom stereocenters. The van der Waals surface area contributed by atoms with Crippen LogP contribution in [0.15, 0.2) is 24.3 Å². The van der Waals surface area contributed by atoms with E-state index in [9.17, 15) is 5.11 Å². The van der Waals surface area contributed by atoms with Crippen LogP contribution in [0.5, 0.6) is 5.75 Å². The largest absolute Gasteiger partial charge is 0.505 e. The molecular weight excluding hydrogens is 322 g/mol. The van der Waals surface area contributed by atoms with Crippen molar-refractivity contribution in [1.82, 2.24) is 15.0 Å². The Labute approximate surface area is 155 Å². The normalized spacial score (nSPS) is 13.9. The number of fused-ring (bicyclic) bond motifs is 1. The Morgan fingerprint density at radius 3 is 1.92 bits per heavy atom. The van der Waals surface area contributed by atoms with Crippen LogP contribution < -0.4 is 0 Å². The van der Waals surface area contributed by atoms with Crippen LogP contribution in [0.2, 0.25) is 0 Å². The zero-order valence-electron chi connectivity index (χ0n) is 16.7. The summed E-state index contributed by atoms with van der Waals surface area (Å²) in [5.41, 5.74) is 6.98. The minimum atomic E-state index is 0.284. The summed E-state index contributed by atoms with van der Waals surface area (Å²) < 4.78 is 0. The Balaban J connectivity index is 2.22. The summed E-state index contributed by atoms with van der Waals surface area (Å²) >= 11 is 0. The van der Waals surface area contributed by atoms with E-state index in [1.807, 2.05) is 6.07 Å². The molecule has 2 aromatic carbocycles. The van der Waals surface area contributed by atoms with Gasteiger partial charge in [0, 0.05) is 0 Å². The number of rotatable bonds is 5. The zero-order valence-corrected chi connectivity index (χ0v) is 16.7. The quantitative estimate of drug-likeness (QED) is 0.635. The second-order valence-corrected chi connectivity index (χ2v) is 7.51. The summed E-state index contributed by atoms with van der Waals surface area (Å²) in [7, 11) is 0. The topological polar surface area (TPSA) is 50.9 Å². The molecule has 2 unspecified atom stereocenters. The summed E-state index contributed by atoms with van der Waals surface area (Å²) in [6.45, 7) is 12.9. The van der Waals surface area contributed by atoms with Crippen LogP contribution in [0.25, 0.3) is 16.7 Å². The lowest BCUT2D eigenvalue weighted by molar-refractivity contribution is 0.454. The first-order valence-corrected chi connectivity index (χ1v) is 9.57. The van der Waals surface area contributed by atoms with Crippen LogP contribution in [0.4, 0.5) is 0 Å². The van der Waals surface area contributed by atoms with E-state index < -0.39 is 0 Å². The molecule has 0 fully saturated rings. The molecule has 1 N–H and O–H groups in total. The van der Waals surface area contributed by atoms with Crippen molar-refractivity contribution >= 4 is 11.0 Å². The van der Waals surface area contributed by atoms with E-state index in [1.54, 1.807) is 4.80 Å². The zero-order chi connectivity index (χ0) is 19.0. The first-order valence-electron chi connectivity index (χ1n) is 9.57. The molecule has 4 nitrogen and oxygen atoms in total. The van der Waals surface area contributed by atoms with E-state index in [4.69, 9.17) is 0 Å². The molecule has 0 saturated heterocycles. The van der Waals surface area contributed by atoms with E-state index >= 15 is 0 Å². The molecular formula is C22H29N3O.